The van der Waals surface area contributed by atoms with Crippen molar-refractivity contribution in [2.45, 2.75) is 25.9 Å². The number of amides is 2. The van der Waals surface area contributed by atoms with Crippen LogP contribution in [0.15, 0.2) is 72.8 Å². The summed E-state index contributed by atoms with van der Waals surface area (Å²) in [6, 6.07) is 21.1. The number of rotatable bonds is 7. The van der Waals surface area contributed by atoms with Crippen LogP contribution < -0.4 is 16.4 Å². The van der Waals surface area contributed by atoms with Gasteiger partial charge in [0.25, 0.3) is 0 Å². The molecule has 0 aliphatic rings. The molecule has 0 fully saturated rings. The number of carbonyl (C=O) groups is 2. The molecule has 3 aromatic carbocycles. The predicted molar refractivity (Wildman–Crippen MR) is 120 cm³/mol. The minimum absolute atomic E-state index is 0.133. The van der Waals surface area contributed by atoms with Gasteiger partial charge in [-0.2, -0.15) is 0 Å². The normalized spacial score (nSPS) is 11.5. The molecule has 0 aliphatic carbocycles. The Balaban J connectivity index is 1.71. The molecule has 0 saturated carbocycles. The van der Waals surface area contributed by atoms with Crippen LogP contribution in [0.5, 0.6) is 0 Å². The van der Waals surface area contributed by atoms with Gasteiger partial charge in [0.15, 0.2) is 0 Å². The quantitative estimate of drug-likeness (QED) is 0.505. The molecule has 0 radical (unpaired) electrons. The van der Waals surface area contributed by atoms with E-state index in [0.29, 0.717) is 22.8 Å². The lowest BCUT2D eigenvalue weighted by Crippen LogP contribution is -2.40. The lowest BCUT2D eigenvalue weighted by Gasteiger charge is -2.19. The zero-order valence-electron chi connectivity index (χ0n) is 16.7. The first-order valence-corrected chi connectivity index (χ1v) is 10.0. The van der Waals surface area contributed by atoms with E-state index in [2.05, 4.69) is 10.6 Å². The van der Waals surface area contributed by atoms with Gasteiger partial charge in [-0.05, 0) is 47.4 Å². The highest BCUT2D eigenvalue weighted by Gasteiger charge is 2.22. The van der Waals surface area contributed by atoms with Gasteiger partial charge in [0.1, 0.15) is 6.04 Å². The molecule has 0 aliphatic heterocycles. The van der Waals surface area contributed by atoms with Gasteiger partial charge < -0.3 is 16.4 Å². The van der Waals surface area contributed by atoms with Crippen LogP contribution in [0.2, 0.25) is 5.02 Å². The van der Waals surface area contributed by atoms with E-state index in [1.807, 2.05) is 61.5 Å². The van der Waals surface area contributed by atoms with Gasteiger partial charge in [-0.15, -0.1) is 0 Å². The van der Waals surface area contributed by atoms with Gasteiger partial charge in [0, 0.05) is 17.3 Å². The van der Waals surface area contributed by atoms with Gasteiger partial charge in [-0.25, -0.2) is 0 Å². The van der Waals surface area contributed by atoms with Crippen LogP contribution in [0.3, 0.4) is 0 Å². The highest BCUT2D eigenvalue weighted by atomic mass is 35.5. The third kappa shape index (κ3) is 5.84. The van der Waals surface area contributed by atoms with Gasteiger partial charge in [-0.1, -0.05) is 66.2 Å². The van der Waals surface area contributed by atoms with E-state index < -0.39 is 6.04 Å². The van der Waals surface area contributed by atoms with Crippen molar-refractivity contribution in [2.24, 2.45) is 0 Å². The van der Waals surface area contributed by atoms with Crippen molar-refractivity contribution < 1.29 is 9.59 Å². The van der Waals surface area contributed by atoms with Gasteiger partial charge >= 0.3 is 0 Å². The maximum atomic E-state index is 12.9. The van der Waals surface area contributed by atoms with Crippen molar-refractivity contribution in [2.75, 3.05) is 5.73 Å². The molecule has 6 heteroatoms. The van der Waals surface area contributed by atoms with E-state index in [1.165, 1.54) is 0 Å². The summed E-state index contributed by atoms with van der Waals surface area (Å²) in [6.07, 6.45) is 0.133. The largest absolute Gasteiger partial charge is 0.399 e. The topological polar surface area (TPSA) is 84.2 Å². The smallest absolute Gasteiger partial charge is 0.247 e. The molecule has 4 N–H and O–H groups in total. The standard InChI is InChI=1S/C24H24ClN3O2/c1-16-12-18(10-11-21(16)26)15-27-24(30)23(19-7-3-2-4-8-19)28-22(29)14-17-6-5-9-20(25)13-17/h2-13,23H,14-15,26H2,1H3,(H,27,30)(H,28,29). The molecule has 0 aromatic heterocycles. The summed E-state index contributed by atoms with van der Waals surface area (Å²) in [5.41, 5.74) is 9.95. The third-order valence-corrected chi connectivity index (χ3v) is 4.99. The zero-order chi connectivity index (χ0) is 21.5. The summed E-state index contributed by atoms with van der Waals surface area (Å²) in [5, 5.41) is 6.32. The minimum atomic E-state index is -0.798. The van der Waals surface area contributed by atoms with Crippen molar-refractivity contribution in [3.05, 3.63) is 100 Å². The Hall–Kier alpha value is -3.31. The average molecular weight is 422 g/mol. The van der Waals surface area contributed by atoms with E-state index in [-0.39, 0.29) is 18.2 Å². The van der Waals surface area contributed by atoms with E-state index in [9.17, 15) is 9.59 Å². The van der Waals surface area contributed by atoms with Crippen molar-refractivity contribution in [1.29, 1.82) is 0 Å². The Kier molecular flexibility index (Phi) is 7.09. The Morgan fingerprint density at radius 2 is 1.73 bits per heavy atom. The third-order valence-electron chi connectivity index (χ3n) is 4.76. The molecule has 1 unspecified atom stereocenters. The molecule has 3 aromatic rings. The fourth-order valence-corrected chi connectivity index (χ4v) is 3.34. The molecule has 1 atom stereocenters. The van der Waals surface area contributed by atoms with Crippen LogP contribution in [-0.4, -0.2) is 11.8 Å². The molecule has 30 heavy (non-hydrogen) atoms. The molecular formula is C24H24ClN3O2. The number of nitrogens with two attached hydrogens (primary N) is 1. The Labute approximate surface area is 181 Å². The number of nitrogens with one attached hydrogen (secondary N) is 2. The fourth-order valence-electron chi connectivity index (χ4n) is 3.13. The maximum Gasteiger partial charge on any atom is 0.247 e. The second-order valence-corrected chi connectivity index (χ2v) is 7.56. The zero-order valence-corrected chi connectivity index (χ0v) is 17.4. The number of anilines is 1. The Morgan fingerprint density at radius 1 is 0.967 bits per heavy atom. The lowest BCUT2D eigenvalue weighted by molar-refractivity contribution is -0.129. The van der Waals surface area contributed by atoms with E-state index in [1.54, 1.807) is 18.2 Å². The number of hydrogen-bond acceptors (Lipinski definition) is 3. The van der Waals surface area contributed by atoms with Crippen molar-refractivity contribution >= 4 is 29.1 Å². The Bertz CT molecular complexity index is 1040. The van der Waals surface area contributed by atoms with E-state index in [0.717, 1.165) is 16.7 Å². The summed E-state index contributed by atoms with van der Waals surface area (Å²) in [4.78, 5) is 25.6. The second-order valence-electron chi connectivity index (χ2n) is 7.13. The number of benzene rings is 3. The van der Waals surface area contributed by atoms with Crippen LogP contribution in [0, 0.1) is 6.92 Å². The van der Waals surface area contributed by atoms with Gasteiger partial charge in [-0.3, -0.25) is 9.59 Å². The summed E-state index contributed by atoms with van der Waals surface area (Å²) < 4.78 is 0. The van der Waals surface area contributed by atoms with Gasteiger partial charge in [0.05, 0.1) is 6.42 Å². The number of halogens is 1. The van der Waals surface area contributed by atoms with Crippen LogP contribution in [0.4, 0.5) is 5.69 Å². The summed E-state index contributed by atoms with van der Waals surface area (Å²) >= 11 is 6.00. The minimum Gasteiger partial charge on any atom is -0.399 e. The molecule has 5 nitrogen and oxygen atoms in total. The van der Waals surface area contributed by atoms with Gasteiger partial charge in [0.2, 0.25) is 11.8 Å². The van der Waals surface area contributed by atoms with E-state index in [4.69, 9.17) is 17.3 Å². The highest BCUT2D eigenvalue weighted by molar-refractivity contribution is 6.30. The average Bonchev–Trinajstić information content (AvgIpc) is 2.73. The van der Waals surface area contributed by atoms with Crippen LogP contribution in [0.1, 0.15) is 28.3 Å². The van der Waals surface area contributed by atoms with Crippen LogP contribution >= 0.6 is 11.6 Å². The van der Waals surface area contributed by atoms with Crippen LogP contribution in [-0.2, 0) is 22.6 Å². The highest BCUT2D eigenvalue weighted by Crippen LogP contribution is 2.16. The number of aryl methyl sites for hydroxylation is 1. The Morgan fingerprint density at radius 3 is 2.43 bits per heavy atom. The monoisotopic (exact) mass is 421 g/mol. The number of carbonyl (C=O) groups excluding carboxylic acids is 2. The summed E-state index contributed by atoms with van der Waals surface area (Å²) in [7, 11) is 0. The number of nitrogen functional groups attached to an aromatic ring is 1. The van der Waals surface area contributed by atoms with Crippen LogP contribution in [0.25, 0.3) is 0 Å². The SMILES string of the molecule is Cc1cc(CNC(=O)C(NC(=O)Cc2cccc(Cl)c2)c2ccccc2)ccc1N. The molecule has 3 rings (SSSR count). The summed E-state index contributed by atoms with van der Waals surface area (Å²) in [5.74, 6) is -0.542. The maximum absolute atomic E-state index is 12.9. The lowest BCUT2D eigenvalue weighted by atomic mass is 10.0. The first-order valence-electron chi connectivity index (χ1n) is 9.64. The number of hydrogen-bond donors (Lipinski definition) is 3. The molecule has 2 amide bonds. The predicted octanol–water partition coefficient (Wildman–Crippen LogP) is 3.95. The molecule has 0 spiro atoms. The van der Waals surface area contributed by atoms with Crippen molar-refractivity contribution in [1.82, 2.24) is 10.6 Å². The summed E-state index contributed by atoms with van der Waals surface area (Å²) in [6.45, 7) is 2.26. The molecule has 0 saturated heterocycles. The first-order chi connectivity index (χ1) is 14.4. The molecular weight excluding hydrogens is 398 g/mol. The second kappa shape index (κ2) is 9.94. The van der Waals surface area contributed by atoms with Crippen molar-refractivity contribution in [3.8, 4) is 0 Å². The van der Waals surface area contributed by atoms with E-state index >= 15 is 0 Å². The van der Waals surface area contributed by atoms with Crippen molar-refractivity contribution in [3.63, 3.8) is 0 Å². The molecule has 154 valence electrons. The molecule has 0 heterocycles. The fraction of sp³-hybridized carbons (Fsp3) is 0.167. The first kappa shape index (κ1) is 21.4. The molecule has 0 bridgehead atoms.